The third-order valence-electron chi connectivity index (χ3n) is 4.94. The summed E-state index contributed by atoms with van der Waals surface area (Å²) in [6, 6.07) is 0.266. The fourth-order valence-electron chi connectivity index (χ4n) is 3.33. The molecule has 0 aromatic rings. The lowest BCUT2D eigenvalue weighted by molar-refractivity contribution is -0.127. The molecule has 0 aliphatic heterocycles. The molecule has 0 radical (unpaired) electrons. The Balaban J connectivity index is 2.42. The van der Waals surface area contributed by atoms with Crippen molar-refractivity contribution in [2.75, 3.05) is 5.33 Å². The molecule has 1 amide bonds. The Hall–Kier alpha value is -0.0500. The Morgan fingerprint density at radius 1 is 1.24 bits per heavy atom. The van der Waals surface area contributed by atoms with Gasteiger partial charge in [0.25, 0.3) is 0 Å². The van der Waals surface area contributed by atoms with Crippen molar-refractivity contribution in [1.29, 1.82) is 0 Å². The highest BCUT2D eigenvalue weighted by atomic mass is 79.9. The van der Waals surface area contributed by atoms with Gasteiger partial charge in [0.2, 0.25) is 5.91 Å². The largest absolute Gasteiger partial charge is 0.353 e. The first kappa shape index (κ1) is 19.0. The topological polar surface area (TPSA) is 29.1 Å². The van der Waals surface area contributed by atoms with Crippen LogP contribution in [0.25, 0.3) is 0 Å². The van der Waals surface area contributed by atoms with E-state index in [9.17, 15) is 4.79 Å². The highest BCUT2D eigenvalue weighted by Gasteiger charge is 2.30. The first-order valence-electron chi connectivity index (χ1n) is 8.74. The molecule has 1 aliphatic rings. The summed E-state index contributed by atoms with van der Waals surface area (Å²) >= 11 is 3.51. The molecule has 1 saturated carbocycles. The summed E-state index contributed by atoms with van der Waals surface area (Å²) in [4.78, 5) is 12.5. The van der Waals surface area contributed by atoms with Gasteiger partial charge in [-0.3, -0.25) is 4.79 Å². The van der Waals surface area contributed by atoms with Gasteiger partial charge in [-0.25, -0.2) is 0 Å². The SMILES string of the molecule is CCCCC1CCC(C(=O)NC(CCBr)C(C)(C)C)CC1. The number of amides is 1. The highest BCUT2D eigenvalue weighted by molar-refractivity contribution is 9.09. The van der Waals surface area contributed by atoms with Crippen molar-refractivity contribution in [1.82, 2.24) is 5.32 Å². The van der Waals surface area contributed by atoms with E-state index in [2.05, 4.69) is 48.9 Å². The number of halogens is 1. The van der Waals surface area contributed by atoms with E-state index < -0.39 is 0 Å². The van der Waals surface area contributed by atoms with Crippen molar-refractivity contribution in [3.63, 3.8) is 0 Å². The lowest BCUT2D eigenvalue weighted by Gasteiger charge is -2.34. The lowest BCUT2D eigenvalue weighted by Crippen LogP contribution is -2.46. The Labute approximate surface area is 140 Å². The standard InChI is InChI=1S/C18H34BrNO/c1-5-6-7-14-8-10-15(11-9-14)17(21)20-16(12-13-19)18(2,3)4/h14-16H,5-13H2,1-4H3,(H,20,21). The third kappa shape index (κ3) is 6.71. The molecule has 0 aromatic carbocycles. The molecule has 1 unspecified atom stereocenters. The minimum atomic E-state index is 0.127. The van der Waals surface area contributed by atoms with Crippen LogP contribution in [-0.2, 0) is 4.79 Å². The molecule has 1 atom stereocenters. The number of hydrogen-bond acceptors (Lipinski definition) is 1. The second-order valence-electron chi connectivity index (χ2n) is 7.76. The molecule has 1 fully saturated rings. The second kappa shape index (κ2) is 9.17. The van der Waals surface area contributed by atoms with Gasteiger partial charge in [-0.05, 0) is 43.4 Å². The van der Waals surface area contributed by atoms with Crippen LogP contribution in [-0.4, -0.2) is 17.3 Å². The third-order valence-corrected chi connectivity index (χ3v) is 5.40. The van der Waals surface area contributed by atoms with Gasteiger partial charge in [0.05, 0.1) is 0 Å². The van der Waals surface area contributed by atoms with Crippen LogP contribution in [0.4, 0.5) is 0 Å². The van der Waals surface area contributed by atoms with E-state index in [0.29, 0.717) is 5.91 Å². The predicted octanol–water partition coefficient (Wildman–Crippen LogP) is 5.30. The maximum absolute atomic E-state index is 12.5. The smallest absolute Gasteiger partial charge is 0.223 e. The number of rotatable bonds is 7. The van der Waals surface area contributed by atoms with Crippen LogP contribution in [0.2, 0.25) is 0 Å². The zero-order valence-electron chi connectivity index (χ0n) is 14.4. The fourth-order valence-corrected chi connectivity index (χ4v) is 3.78. The monoisotopic (exact) mass is 359 g/mol. The summed E-state index contributed by atoms with van der Waals surface area (Å²) in [5.74, 6) is 1.42. The molecular formula is C18H34BrNO. The Morgan fingerprint density at radius 2 is 1.86 bits per heavy atom. The molecule has 1 aliphatic carbocycles. The molecule has 0 bridgehead atoms. The van der Waals surface area contributed by atoms with E-state index in [0.717, 1.165) is 30.5 Å². The highest BCUT2D eigenvalue weighted by Crippen LogP contribution is 2.32. The molecule has 1 N–H and O–H groups in total. The fraction of sp³-hybridized carbons (Fsp3) is 0.944. The number of carbonyl (C=O) groups is 1. The molecule has 124 valence electrons. The molecule has 2 nitrogen and oxygen atoms in total. The van der Waals surface area contributed by atoms with E-state index in [1.54, 1.807) is 0 Å². The van der Waals surface area contributed by atoms with Crippen molar-refractivity contribution in [3.8, 4) is 0 Å². The van der Waals surface area contributed by atoms with Crippen LogP contribution in [0.5, 0.6) is 0 Å². The average molecular weight is 360 g/mol. The average Bonchev–Trinajstić information content (AvgIpc) is 2.44. The number of nitrogens with one attached hydrogen (secondary N) is 1. The van der Waals surface area contributed by atoms with Gasteiger partial charge in [-0.15, -0.1) is 0 Å². The van der Waals surface area contributed by atoms with Crippen molar-refractivity contribution >= 4 is 21.8 Å². The Kier molecular flexibility index (Phi) is 8.30. The van der Waals surface area contributed by atoms with Crippen molar-refractivity contribution in [3.05, 3.63) is 0 Å². The van der Waals surface area contributed by atoms with E-state index in [1.165, 1.54) is 32.1 Å². The lowest BCUT2D eigenvalue weighted by atomic mass is 9.78. The zero-order chi connectivity index (χ0) is 15.9. The Bertz CT molecular complexity index is 303. The maximum atomic E-state index is 12.5. The predicted molar refractivity (Wildman–Crippen MR) is 94.8 cm³/mol. The minimum Gasteiger partial charge on any atom is -0.353 e. The summed E-state index contributed by atoms with van der Waals surface area (Å²) in [7, 11) is 0. The van der Waals surface area contributed by atoms with Gasteiger partial charge in [0, 0.05) is 17.3 Å². The molecule has 0 spiro atoms. The summed E-state index contributed by atoms with van der Waals surface area (Å²) in [6.45, 7) is 8.89. The summed E-state index contributed by atoms with van der Waals surface area (Å²) in [6.07, 6.45) is 9.67. The van der Waals surface area contributed by atoms with Crippen LogP contribution in [0, 0.1) is 17.3 Å². The quantitative estimate of drug-likeness (QED) is 0.614. The van der Waals surface area contributed by atoms with E-state index in [-0.39, 0.29) is 17.4 Å². The number of carbonyl (C=O) groups excluding carboxylic acids is 1. The number of unbranched alkanes of at least 4 members (excludes halogenated alkanes) is 1. The molecule has 0 aromatic heterocycles. The minimum absolute atomic E-state index is 0.127. The van der Waals surface area contributed by atoms with Crippen molar-refractivity contribution in [2.45, 2.75) is 85.1 Å². The molecule has 0 heterocycles. The van der Waals surface area contributed by atoms with Crippen molar-refractivity contribution < 1.29 is 4.79 Å². The Morgan fingerprint density at radius 3 is 2.33 bits per heavy atom. The second-order valence-corrected chi connectivity index (χ2v) is 8.56. The van der Waals surface area contributed by atoms with Gasteiger partial charge in [-0.2, -0.15) is 0 Å². The van der Waals surface area contributed by atoms with E-state index in [4.69, 9.17) is 0 Å². The molecule has 0 saturated heterocycles. The normalized spacial score (nSPS) is 24.6. The number of hydrogen-bond donors (Lipinski definition) is 1. The molecule has 3 heteroatoms. The first-order valence-corrected chi connectivity index (χ1v) is 9.87. The van der Waals surface area contributed by atoms with E-state index in [1.807, 2.05) is 0 Å². The molecular weight excluding hydrogens is 326 g/mol. The van der Waals surface area contributed by atoms with Gasteiger partial charge in [0.15, 0.2) is 0 Å². The van der Waals surface area contributed by atoms with Crippen LogP contribution in [0.3, 0.4) is 0 Å². The van der Waals surface area contributed by atoms with E-state index >= 15 is 0 Å². The maximum Gasteiger partial charge on any atom is 0.223 e. The van der Waals surface area contributed by atoms with Gasteiger partial charge in [-0.1, -0.05) is 62.9 Å². The van der Waals surface area contributed by atoms with Crippen LogP contribution >= 0.6 is 15.9 Å². The summed E-state index contributed by atoms with van der Waals surface area (Å²) in [5.41, 5.74) is 0.127. The summed E-state index contributed by atoms with van der Waals surface area (Å²) in [5, 5.41) is 4.26. The number of alkyl halides is 1. The summed E-state index contributed by atoms with van der Waals surface area (Å²) < 4.78 is 0. The first-order chi connectivity index (χ1) is 9.88. The van der Waals surface area contributed by atoms with Gasteiger partial charge >= 0.3 is 0 Å². The van der Waals surface area contributed by atoms with Crippen LogP contribution in [0.1, 0.15) is 79.1 Å². The van der Waals surface area contributed by atoms with Crippen LogP contribution < -0.4 is 5.32 Å². The van der Waals surface area contributed by atoms with Crippen LogP contribution in [0.15, 0.2) is 0 Å². The molecule has 21 heavy (non-hydrogen) atoms. The van der Waals surface area contributed by atoms with Crippen molar-refractivity contribution in [2.24, 2.45) is 17.3 Å². The van der Waals surface area contributed by atoms with Gasteiger partial charge in [0.1, 0.15) is 0 Å². The zero-order valence-corrected chi connectivity index (χ0v) is 16.0. The van der Waals surface area contributed by atoms with Gasteiger partial charge < -0.3 is 5.32 Å². The molecule has 1 rings (SSSR count).